The number of ether oxygens (including phenoxy) is 1. The number of hydrogen-bond donors (Lipinski definition) is 2. The summed E-state index contributed by atoms with van der Waals surface area (Å²) in [5.74, 6) is 1.63. The highest BCUT2D eigenvalue weighted by Gasteiger charge is 2.44. The normalized spacial score (nSPS) is 31.5. The highest BCUT2D eigenvalue weighted by molar-refractivity contribution is 5.67. The molecule has 0 radical (unpaired) electrons. The lowest BCUT2D eigenvalue weighted by Gasteiger charge is -2.38. The summed E-state index contributed by atoms with van der Waals surface area (Å²) in [6.07, 6.45) is 5.81. The molecule has 118 valence electrons. The number of benzene rings is 1. The molecule has 4 nitrogen and oxygen atoms in total. The standard InChI is InChI=1S/C18H22O4/c1-18(7-5-14(20)21)6-4-12-9-13(19)15-10-2-3-11(8-10)16(15)17(12)22-18/h9-11,19H,2-8H2,1H3,(H,20,21). The SMILES string of the molecule is CC1(CCC(=O)O)CCc2cc(O)c3c(c2O1)C1CCC3C1. The molecule has 4 heteroatoms. The van der Waals surface area contributed by atoms with Crippen LogP contribution in [-0.2, 0) is 11.2 Å². The summed E-state index contributed by atoms with van der Waals surface area (Å²) in [6.45, 7) is 2.02. The molecule has 3 atom stereocenters. The van der Waals surface area contributed by atoms with E-state index in [2.05, 4.69) is 0 Å². The van der Waals surface area contributed by atoms with Gasteiger partial charge in [-0.1, -0.05) is 0 Å². The van der Waals surface area contributed by atoms with Crippen molar-refractivity contribution < 1.29 is 19.7 Å². The molecule has 4 rings (SSSR count). The zero-order chi connectivity index (χ0) is 15.5. The number of aryl methyl sites for hydroxylation is 1. The molecule has 1 aromatic carbocycles. The third kappa shape index (κ3) is 2.00. The Kier molecular flexibility index (Phi) is 2.94. The van der Waals surface area contributed by atoms with E-state index in [0.29, 0.717) is 24.0 Å². The van der Waals surface area contributed by atoms with E-state index in [9.17, 15) is 9.90 Å². The van der Waals surface area contributed by atoms with Crippen molar-refractivity contribution in [3.05, 3.63) is 22.8 Å². The fourth-order valence-corrected chi connectivity index (χ4v) is 4.63. The Morgan fingerprint density at radius 2 is 2.09 bits per heavy atom. The molecule has 2 N–H and O–H groups in total. The number of aliphatic carboxylic acids is 1. The molecule has 2 bridgehead atoms. The highest BCUT2D eigenvalue weighted by Crippen LogP contribution is 2.60. The van der Waals surface area contributed by atoms with Crippen LogP contribution in [-0.4, -0.2) is 21.8 Å². The molecule has 1 aromatic rings. The average Bonchev–Trinajstić information content (AvgIpc) is 3.08. The van der Waals surface area contributed by atoms with Crippen LogP contribution in [0.25, 0.3) is 0 Å². The lowest BCUT2D eigenvalue weighted by Crippen LogP contribution is -2.37. The van der Waals surface area contributed by atoms with E-state index in [0.717, 1.165) is 36.1 Å². The third-order valence-electron chi connectivity index (χ3n) is 5.80. The van der Waals surface area contributed by atoms with Gasteiger partial charge in [0.2, 0.25) is 0 Å². The second-order valence-electron chi connectivity index (χ2n) is 7.36. The molecule has 1 heterocycles. The smallest absolute Gasteiger partial charge is 0.303 e. The van der Waals surface area contributed by atoms with Crippen LogP contribution in [0, 0.1) is 0 Å². The van der Waals surface area contributed by atoms with E-state index in [1.807, 2.05) is 13.0 Å². The molecule has 0 spiro atoms. The number of phenols is 1. The summed E-state index contributed by atoms with van der Waals surface area (Å²) in [7, 11) is 0. The minimum absolute atomic E-state index is 0.137. The first-order valence-corrected chi connectivity index (χ1v) is 8.26. The molecule has 3 aliphatic rings. The molecule has 1 aliphatic heterocycles. The Balaban J connectivity index is 1.72. The third-order valence-corrected chi connectivity index (χ3v) is 5.80. The first-order chi connectivity index (χ1) is 10.5. The average molecular weight is 302 g/mol. The maximum Gasteiger partial charge on any atom is 0.303 e. The summed E-state index contributed by atoms with van der Waals surface area (Å²) in [6, 6.07) is 1.88. The molecular formula is C18H22O4. The topological polar surface area (TPSA) is 66.8 Å². The van der Waals surface area contributed by atoms with Crippen LogP contribution in [0.3, 0.4) is 0 Å². The van der Waals surface area contributed by atoms with E-state index < -0.39 is 11.6 Å². The van der Waals surface area contributed by atoms with E-state index in [4.69, 9.17) is 9.84 Å². The van der Waals surface area contributed by atoms with Gasteiger partial charge in [0, 0.05) is 17.5 Å². The number of hydrogen-bond acceptors (Lipinski definition) is 3. The van der Waals surface area contributed by atoms with E-state index in [1.54, 1.807) is 0 Å². The van der Waals surface area contributed by atoms with Crippen molar-refractivity contribution in [2.45, 2.75) is 69.3 Å². The Labute approximate surface area is 130 Å². The van der Waals surface area contributed by atoms with Gasteiger partial charge in [0.05, 0.1) is 0 Å². The van der Waals surface area contributed by atoms with Crippen LogP contribution < -0.4 is 4.74 Å². The Hall–Kier alpha value is -1.71. The summed E-state index contributed by atoms with van der Waals surface area (Å²) < 4.78 is 6.35. The van der Waals surface area contributed by atoms with Gasteiger partial charge in [-0.3, -0.25) is 4.79 Å². The quantitative estimate of drug-likeness (QED) is 0.893. The van der Waals surface area contributed by atoms with Crippen LogP contribution in [0.1, 0.15) is 74.0 Å². The monoisotopic (exact) mass is 302 g/mol. The van der Waals surface area contributed by atoms with Crippen LogP contribution >= 0.6 is 0 Å². The van der Waals surface area contributed by atoms with Crippen molar-refractivity contribution in [3.63, 3.8) is 0 Å². The first kappa shape index (κ1) is 13.9. The maximum absolute atomic E-state index is 10.9. The van der Waals surface area contributed by atoms with Gasteiger partial charge in [0.15, 0.2) is 0 Å². The number of phenolic OH excluding ortho intramolecular Hbond substituents is 1. The van der Waals surface area contributed by atoms with Gasteiger partial charge >= 0.3 is 5.97 Å². The molecule has 3 unspecified atom stereocenters. The summed E-state index contributed by atoms with van der Waals surface area (Å²) in [4.78, 5) is 10.9. The van der Waals surface area contributed by atoms with E-state index >= 15 is 0 Å². The van der Waals surface area contributed by atoms with Crippen LogP contribution in [0.2, 0.25) is 0 Å². The van der Waals surface area contributed by atoms with Crippen molar-refractivity contribution in [2.75, 3.05) is 0 Å². The zero-order valence-electron chi connectivity index (χ0n) is 12.9. The van der Waals surface area contributed by atoms with Crippen molar-refractivity contribution in [3.8, 4) is 11.5 Å². The Morgan fingerprint density at radius 1 is 1.36 bits per heavy atom. The summed E-state index contributed by atoms with van der Waals surface area (Å²) in [5.41, 5.74) is 3.03. The van der Waals surface area contributed by atoms with Crippen molar-refractivity contribution in [1.82, 2.24) is 0 Å². The van der Waals surface area contributed by atoms with Gasteiger partial charge in [-0.05, 0) is 68.9 Å². The number of fused-ring (bicyclic) bond motifs is 7. The number of carboxylic acids is 1. The highest BCUT2D eigenvalue weighted by atomic mass is 16.5. The van der Waals surface area contributed by atoms with Crippen molar-refractivity contribution in [2.24, 2.45) is 0 Å². The number of aromatic hydroxyl groups is 1. The first-order valence-electron chi connectivity index (χ1n) is 8.26. The van der Waals surface area contributed by atoms with E-state index in [-0.39, 0.29) is 6.42 Å². The molecule has 22 heavy (non-hydrogen) atoms. The largest absolute Gasteiger partial charge is 0.508 e. The van der Waals surface area contributed by atoms with Crippen molar-refractivity contribution >= 4 is 5.97 Å². The van der Waals surface area contributed by atoms with Crippen LogP contribution in [0.5, 0.6) is 11.5 Å². The summed E-state index contributed by atoms with van der Waals surface area (Å²) in [5, 5.41) is 19.3. The molecule has 0 amide bonds. The van der Waals surface area contributed by atoms with Gasteiger partial charge in [-0.15, -0.1) is 0 Å². The molecule has 0 saturated heterocycles. The number of carbonyl (C=O) groups is 1. The number of rotatable bonds is 3. The van der Waals surface area contributed by atoms with Gasteiger partial charge in [-0.2, -0.15) is 0 Å². The second-order valence-corrected chi connectivity index (χ2v) is 7.36. The predicted molar refractivity (Wildman–Crippen MR) is 81.7 cm³/mol. The molecular weight excluding hydrogens is 280 g/mol. The predicted octanol–water partition coefficient (Wildman–Crippen LogP) is 3.71. The summed E-state index contributed by atoms with van der Waals surface area (Å²) >= 11 is 0. The minimum atomic E-state index is -0.773. The van der Waals surface area contributed by atoms with Crippen molar-refractivity contribution in [1.29, 1.82) is 0 Å². The maximum atomic E-state index is 10.9. The molecule has 1 fully saturated rings. The Bertz CT molecular complexity index is 651. The second kappa shape index (κ2) is 4.64. The molecule has 1 saturated carbocycles. The zero-order valence-corrected chi connectivity index (χ0v) is 12.9. The van der Waals surface area contributed by atoms with Gasteiger partial charge in [0.25, 0.3) is 0 Å². The lowest BCUT2D eigenvalue weighted by atomic mass is 9.83. The van der Waals surface area contributed by atoms with Crippen LogP contribution in [0.15, 0.2) is 6.07 Å². The molecule has 2 aliphatic carbocycles. The lowest BCUT2D eigenvalue weighted by molar-refractivity contribution is -0.138. The number of carboxylic acid groups (broad SMARTS) is 1. The van der Waals surface area contributed by atoms with E-state index in [1.165, 1.54) is 18.4 Å². The minimum Gasteiger partial charge on any atom is -0.508 e. The Morgan fingerprint density at radius 3 is 2.82 bits per heavy atom. The fourth-order valence-electron chi connectivity index (χ4n) is 4.63. The van der Waals surface area contributed by atoms with Gasteiger partial charge < -0.3 is 14.9 Å². The molecule has 0 aromatic heterocycles. The van der Waals surface area contributed by atoms with Crippen LogP contribution in [0.4, 0.5) is 0 Å². The van der Waals surface area contributed by atoms with Gasteiger partial charge in [0.1, 0.15) is 17.1 Å². The van der Waals surface area contributed by atoms with Gasteiger partial charge in [-0.25, -0.2) is 0 Å². The fraction of sp³-hybridized carbons (Fsp3) is 0.611.